The predicted octanol–water partition coefficient (Wildman–Crippen LogP) is 7.25. The summed E-state index contributed by atoms with van der Waals surface area (Å²) in [6, 6.07) is 30.8. The van der Waals surface area contributed by atoms with Crippen molar-refractivity contribution >= 4 is 47.5 Å². The van der Waals surface area contributed by atoms with Crippen LogP contribution in [0.3, 0.4) is 0 Å². The van der Waals surface area contributed by atoms with E-state index < -0.39 is 53.6 Å². The van der Waals surface area contributed by atoms with Crippen molar-refractivity contribution in [2.24, 2.45) is 0 Å². The third-order valence-electron chi connectivity index (χ3n) is 10.1. The molecule has 0 bridgehead atoms. The second-order valence-electron chi connectivity index (χ2n) is 15.8. The molecule has 0 aliphatic carbocycles. The summed E-state index contributed by atoms with van der Waals surface area (Å²) in [5.74, 6) is 0.810. The Bertz CT molecular complexity index is 3080. The van der Waals surface area contributed by atoms with Crippen LogP contribution in [0.5, 0.6) is 17.2 Å². The monoisotopic (exact) mass is 950 g/mol. The lowest BCUT2D eigenvalue weighted by atomic mass is 9.98. The lowest BCUT2D eigenvalue weighted by Gasteiger charge is -2.26. The second kappa shape index (κ2) is 19.7. The van der Waals surface area contributed by atoms with E-state index in [0.717, 1.165) is 16.9 Å². The van der Waals surface area contributed by atoms with Crippen LogP contribution in [-0.4, -0.2) is 91.7 Å². The van der Waals surface area contributed by atoms with E-state index in [-0.39, 0.29) is 41.6 Å². The SMILES string of the molecule is COc1ccc(CN(Cc2ccc(OC)cc2)S(=O)(=O)c2c(S(=O)(=O)CCNC(=O)OC(C)(C)C)ccc(-c3cccc4sc(C#N)nc34)c2-c2nnn(Cc3ccc(OC)cc3)n2)cc1. The highest BCUT2D eigenvalue weighted by molar-refractivity contribution is 7.93. The molecule has 0 saturated carbocycles. The first kappa shape index (κ1) is 47.1. The lowest BCUT2D eigenvalue weighted by Crippen LogP contribution is -2.35. The number of hydrogen-bond acceptors (Lipinski definition) is 15. The fourth-order valence-electron chi connectivity index (χ4n) is 6.96. The number of carbonyl (C=O) groups is 1. The summed E-state index contributed by atoms with van der Waals surface area (Å²) in [4.78, 5) is 17.3. The molecule has 66 heavy (non-hydrogen) atoms. The van der Waals surface area contributed by atoms with Gasteiger partial charge in [0, 0.05) is 25.2 Å². The predicted molar refractivity (Wildman–Crippen MR) is 247 cm³/mol. The highest BCUT2D eigenvalue weighted by Gasteiger charge is 2.38. The summed E-state index contributed by atoms with van der Waals surface area (Å²) in [7, 11) is -4.95. The van der Waals surface area contributed by atoms with Gasteiger partial charge < -0.3 is 24.3 Å². The molecule has 0 radical (unpaired) electrons. The van der Waals surface area contributed by atoms with E-state index in [9.17, 15) is 18.5 Å². The van der Waals surface area contributed by atoms with E-state index in [2.05, 4.69) is 26.7 Å². The molecule has 5 aromatic carbocycles. The number of nitrogens with one attached hydrogen (secondary N) is 1. The number of alkyl carbamates (subject to hydrolysis) is 1. The van der Waals surface area contributed by atoms with Crippen molar-refractivity contribution in [3.05, 3.63) is 125 Å². The molecular formula is C46H46N8O9S3. The number of carbonyl (C=O) groups excluding carboxylic acids is 1. The normalized spacial score (nSPS) is 11.9. The van der Waals surface area contributed by atoms with Crippen LogP contribution in [0, 0.1) is 11.3 Å². The summed E-state index contributed by atoms with van der Waals surface area (Å²) in [6.07, 6.45) is -0.850. The van der Waals surface area contributed by atoms with Gasteiger partial charge in [0.05, 0.1) is 54.3 Å². The van der Waals surface area contributed by atoms with Crippen LogP contribution in [0.25, 0.3) is 32.7 Å². The molecule has 1 amide bonds. The number of thiazole rings is 1. The van der Waals surface area contributed by atoms with Crippen LogP contribution in [-0.2, 0) is 44.2 Å². The maximum absolute atomic E-state index is 16.0. The van der Waals surface area contributed by atoms with Crippen LogP contribution in [0.15, 0.2) is 113 Å². The largest absolute Gasteiger partial charge is 0.497 e. The van der Waals surface area contributed by atoms with E-state index in [1.165, 1.54) is 35.5 Å². The number of aromatic nitrogens is 5. The van der Waals surface area contributed by atoms with Gasteiger partial charge in [-0.15, -0.1) is 21.5 Å². The molecule has 2 aromatic heterocycles. The Kier molecular flexibility index (Phi) is 14.0. The summed E-state index contributed by atoms with van der Waals surface area (Å²) in [6.45, 7) is 4.27. The lowest BCUT2D eigenvalue weighted by molar-refractivity contribution is 0.0531. The fourth-order valence-corrected chi connectivity index (χ4v) is 11.4. The number of nitrogens with zero attached hydrogens (tertiary/aromatic N) is 7. The van der Waals surface area contributed by atoms with Gasteiger partial charge in [0.2, 0.25) is 15.8 Å². The molecule has 1 N–H and O–H groups in total. The number of sulfone groups is 1. The molecular weight excluding hydrogens is 905 g/mol. The smallest absolute Gasteiger partial charge is 0.407 e. The number of methoxy groups -OCH3 is 3. The molecule has 0 aliphatic heterocycles. The maximum Gasteiger partial charge on any atom is 0.407 e. The van der Waals surface area contributed by atoms with Gasteiger partial charge in [-0.25, -0.2) is 26.6 Å². The maximum atomic E-state index is 16.0. The number of benzene rings is 5. The topological polar surface area (TPSA) is 218 Å². The van der Waals surface area contributed by atoms with Crippen molar-refractivity contribution in [1.29, 1.82) is 5.26 Å². The molecule has 0 unspecified atom stereocenters. The third kappa shape index (κ3) is 10.8. The Morgan fingerprint density at radius 1 is 0.788 bits per heavy atom. The Balaban J connectivity index is 1.49. The van der Waals surface area contributed by atoms with Crippen molar-refractivity contribution < 1.29 is 40.6 Å². The molecule has 0 saturated heterocycles. The van der Waals surface area contributed by atoms with E-state index >= 15 is 8.42 Å². The van der Waals surface area contributed by atoms with Gasteiger partial charge in [0.1, 0.15) is 33.8 Å². The third-order valence-corrected chi connectivity index (χ3v) is 14.8. The number of fused-ring (bicyclic) bond motifs is 1. The number of rotatable bonds is 17. The van der Waals surface area contributed by atoms with Gasteiger partial charge in [-0.2, -0.15) is 14.4 Å². The van der Waals surface area contributed by atoms with E-state index in [4.69, 9.17) is 24.0 Å². The number of ether oxygens (including phenoxy) is 4. The van der Waals surface area contributed by atoms with Crippen LogP contribution < -0.4 is 19.5 Å². The first-order chi connectivity index (χ1) is 31.5. The first-order valence-electron chi connectivity index (χ1n) is 20.4. The molecule has 7 rings (SSSR count). The molecule has 0 fully saturated rings. The van der Waals surface area contributed by atoms with Crippen LogP contribution in [0.2, 0.25) is 0 Å². The second-order valence-corrected chi connectivity index (χ2v) is 20.8. The minimum atomic E-state index is -4.95. The molecule has 342 valence electrons. The van der Waals surface area contributed by atoms with Crippen molar-refractivity contribution in [2.45, 2.75) is 55.8 Å². The summed E-state index contributed by atoms with van der Waals surface area (Å²) >= 11 is 1.15. The minimum Gasteiger partial charge on any atom is -0.497 e. The zero-order chi connectivity index (χ0) is 47.2. The van der Waals surface area contributed by atoms with Gasteiger partial charge in [-0.1, -0.05) is 54.6 Å². The average molecular weight is 951 g/mol. The van der Waals surface area contributed by atoms with Crippen LogP contribution in [0.4, 0.5) is 4.79 Å². The Labute approximate surface area is 386 Å². The van der Waals surface area contributed by atoms with Crippen molar-refractivity contribution in [3.8, 4) is 45.8 Å². The van der Waals surface area contributed by atoms with E-state index in [0.29, 0.717) is 44.2 Å². The molecule has 20 heteroatoms. The highest BCUT2D eigenvalue weighted by Crippen LogP contribution is 2.44. The van der Waals surface area contributed by atoms with E-state index in [1.807, 2.05) is 12.1 Å². The Morgan fingerprint density at radius 2 is 1.36 bits per heavy atom. The molecule has 2 heterocycles. The molecule has 0 aliphatic rings. The average Bonchev–Trinajstić information content (AvgIpc) is 3.95. The standard InChI is InChI=1S/C46H46N8O9S3/c1-46(2,3)63-45(55)48-24-25-65(56,57)39-23-22-36(37-8-7-9-38-42(37)49-40(26-47)64-38)41(44-50-52-54(51-44)29-32-14-20-35(62-6)21-15-32)43(39)66(58,59)53(27-30-10-16-33(60-4)17-11-30)28-31-12-18-34(61-5)19-13-31/h7-23H,24-25,27-29H2,1-6H3,(H,48,55). The van der Waals surface area contributed by atoms with Gasteiger partial charge in [0.15, 0.2) is 14.8 Å². The Morgan fingerprint density at radius 3 is 1.91 bits per heavy atom. The number of hydrogen-bond donors (Lipinski definition) is 1. The quantitative estimate of drug-likeness (QED) is 0.0951. The van der Waals surface area contributed by atoms with Crippen molar-refractivity contribution in [1.82, 2.24) is 34.8 Å². The summed E-state index contributed by atoms with van der Waals surface area (Å²) in [5, 5.41) is 25.9. The number of nitriles is 1. The van der Waals surface area contributed by atoms with Crippen LogP contribution >= 0.6 is 11.3 Å². The highest BCUT2D eigenvalue weighted by atomic mass is 32.2. The fraction of sp³-hybridized carbons (Fsp3) is 0.261. The summed E-state index contributed by atoms with van der Waals surface area (Å²) in [5.41, 5.74) is 1.83. The number of amides is 1. The Hall–Kier alpha value is -6.92. The number of para-hydroxylation sites is 1. The number of tetrazole rings is 1. The van der Waals surface area contributed by atoms with Crippen molar-refractivity contribution in [2.75, 3.05) is 33.6 Å². The van der Waals surface area contributed by atoms with Crippen LogP contribution in [0.1, 0.15) is 42.5 Å². The zero-order valence-corrected chi connectivity index (χ0v) is 39.3. The molecule has 0 spiro atoms. The first-order valence-corrected chi connectivity index (χ1v) is 24.3. The van der Waals surface area contributed by atoms with E-state index in [1.54, 1.807) is 107 Å². The van der Waals surface area contributed by atoms with Gasteiger partial charge in [-0.3, -0.25) is 0 Å². The van der Waals surface area contributed by atoms with Gasteiger partial charge in [-0.05, 0) is 96.8 Å². The minimum absolute atomic E-state index is 0.108. The van der Waals surface area contributed by atoms with Gasteiger partial charge >= 0.3 is 6.09 Å². The zero-order valence-electron chi connectivity index (χ0n) is 36.9. The molecule has 17 nitrogen and oxygen atoms in total. The molecule has 0 atom stereocenters. The van der Waals surface area contributed by atoms with Gasteiger partial charge in [0.25, 0.3) is 0 Å². The number of sulfonamides is 1. The summed E-state index contributed by atoms with van der Waals surface area (Å²) < 4.78 is 84.8. The van der Waals surface area contributed by atoms with Crippen molar-refractivity contribution in [3.63, 3.8) is 0 Å². The molecule has 7 aromatic rings.